The standard InChI is InChI=1S/C18H18N2O5S/c1-24-14-5-7-16(8-6-14)26(22,23)19-11-13-9-12-3-4-15(25-2)10-17(12)20-18(13)21/h3-10,19H,11H2,1-2H3,(H,20,21). The number of aromatic nitrogens is 1. The molecular weight excluding hydrogens is 356 g/mol. The van der Waals surface area contributed by atoms with Crippen LogP contribution in [-0.4, -0.2) is 27.6 Å². The maximum Gasteiger partial charge on any atom is 0.252 e. The molecule has 0 atom stereocenters. The molecule has 8 heteroatoms. The first-order valence-electron chi connectivity index (χ1n) is 7.76. The lowest BCUT2D eigenvalue weighted by Gasteiger charge is -2.08. The Kier molecular flexibility index (Phi) is 4.97. The van der Waals surface area contributed by atoms with Crippen molar-refractivity contribution in [3.05, 3.63) is 64.4 Å². The number of methoxy groups -OCH3 is 2. The van der Waals surface area contributed by atoms with Gasteiger partial charge in [0, 0.05) is 18.2 Å². The topological polar surface area (TPSA) is 97.5 Å². The Bertz CT molecular complexity index is 1090. The summed E-state index contributed by atoms with van der Waals surface area (Å²) in [5.74, 6) is 1.19. The van der Waals surface area contributed by atoms with Gasteiger partial charge in [-0.2, -0.15) is 0 Å². The summed E-state index contributed by atoms with van der Waals surface area (Å²) in [6.07, 6.45) is 0. The van der Waals surface area contributed by atoms with Crippen LogP contribution in [0.2, 0.25) is 0 Å². The van der Waals surface area contributed by atoms with E-state index >= 15 is 0 Å². The van der Waals surface area contributed by atoms with Crippen LogP contribution < -0.4 is 19.8 Å². The van der Waals surface area contributed by atoms with E-state index in [1.165, 1.54) is 19.2 Å². The second-order valence-corrected chi connectivity index (χ2v) is 7.34. The van der Waals surface area contributed by atoms with Gasteiger partial charge >= 0.3 is 0 Å². The van der Waals surface area contributed by atoms with Gasteiger partial charge in [0.2, 0.25) is 10.0 Å². The number of hydrogen-bond acceptors (Lipinski definition) is 5. The molecule has 26 heavy (non-hydrogen) atoms. The van der Waals surface area contributed by atoms with Gasteiger partial charge in [0.15, 0.2) is 0 Å². The van der Waals surface area contributed by atoms with Crippen LogP contribution in [0.5, 0.6) is 11.5 Å². The molecule has 2 aromatic carbocycles. The third kappa shape index (κ3) is 3.71. The van der Waals surface area contributed by atoms with Gasteiger partial charge in [-0.15, -0.1) is 0 Å². The van der Waals surface area contributed by atoms with E-state index in [-0.39, 0.29) is 17.0 Å². The lowest BCUT2D eigenvalue weighted by atomic mass is 10.1. The maximum atomic E-state index is 12.4. The molecule has 2 N–H and O–H groups in total. The summed E-state index contributed by atoms with van der Waals surface area (Å²) < 4.78 is 37.4. The molecule has 3 rings (SSSR count). The molecule has 0 aliphatic rings. The van der Waals surface area contributed by atoms with E-state index in [1.807, 2.05) is 0 Å². The van der Waals surface area contributed by atoms with Crippen molar-refractivity contribution in [2.45, 2.75) is 11.4 Å². The Labute approximate surface area is 150 Å². The van der Waals surface area contributed by atoms with Crippen molar-refractivity contribution >= 4 is 20.9 Å². The lowest BCUT2D eigenvalue weighted by Crippen LogP contribution is -2.26. The van der Waals surface area contributed by atoms with Gasteiger partial charge in [0.05, 0.1) is 24.6 Å². The summed E-state index contributed by atoms with van der Waals surface area (Å²) in [5.41, 5.74) is 0.582. The first-order valence-corrected chi connectivity index (χ1v) is 9.25. The van der Waals surface area contributed by atoms with Crippen LogP contribution in [0.25, 0.3) is 10.9 Å². The Hall–Kier alpha value is -2.84. The van der Waals surface area contributed by atoms with Crippen molar-refractivity contribution < 1.29 is 17.9 Å². The Morgan fingerprint density at radius 2 is 1.62 bits per heavy atom. The van der Waals surface area contributed by atoms with E-state index in [0.717, 1.165) is 5.39 Å². The number of aromatic amines is 1. The van der Waals surface area contributed by atoms with Gasteiger partial charge in [0.25, 0.3) is 5.56 Å². The number of pyridine rings is 1. The largest absolute Gasteiger partial charge is 0.497 e. The molecule has 0 saturated heterocycles. The van der Waals surface area contributed by atoms with Crippen molar-refractivity contribution in [3.63, 3.8) is 0 Å². The zero-order valence-corrected chi connectivity index (χ0v) is 15.1. The zero-order valence-electron chi connectivity index (χ0n) is 14.3. The number of nitrogens with one attached hydrogen (secondary N) is 2. The van der Waals surface area contributed by atoms with Gasteiger partial charge in [-0.25, -0.2) is 13.1 Å². The molecule has 0 aliphatic carbocycles. The fourth-order valence-electron chi connectivity index (χ4n) is 2.49. The summed E-state index contributed by atoms with van der Waals surface area (Å²) in [6.45, 7) is -0.119. The van der Waals surface area contributed by atoms with E-state index in [9.17, 15) is 13.2 Å². The fraction of sp³-hybridized carbons (Fsp3) is 0.167. The first kappa shape index (κ1) is 18.0. The summed E-state index contributed by atoms with van der Waals surface area (Å²) in [7, 11) is -0.696. The van der Waals surface area contributed by atoms with E-state index in [1.54, 1.807) is 43.5 Å². The minimum absolute atomic E-state index is 0.0975. The summed E-state index contributed by atoms with van der Waals surface area (Å²) in [4.78, 5) is 15.1. The second-order valence-electron chi connectivity index (χ2n) is 5.58. The molecule has 0 unspecified atom stereocenters. The summed E-state index contributed by atoms with van der Waals surface area (Å²) >= 11 is 0. The van der Waals surface area contributed by atoms with Crippen LogP contribution in [0.15, 0.2) is 58.2 Å². The molecule has 0 radical (unpaired) electrons. The molecule has 0 bridgehead atoms. The smallest absolute Gasteiger partial charge is 0.252 e. The predicted molar refractivity (Wildman–Crippen MR) is 98.1 cm³/mol. The predicted octanol–water partition coefficient (Wildman–Crippen LogP) is 2.02. The van der Waals surface area contributed by atoms with Gasteiger partial charge in [-0.05, 0) is 47.9 Å². The van der Waals surface area contributed by atoms with Crippen LogP contribution in [0, 0.1) is 0 Å². The quantitative estimate of drug-likeness (QED) is 0.688. The number of fused-ring (bicyclic) bond motifs is 1. The van der Waals surface area contributed by atoms with E-state index in [0.29, 0.717) is 22.6 Å². The van der Waals surface area contributed by atoms with Crippen molar-refractivity contribution in [1.82, 2.24) is 9.71 Å². The molecule has 1 heterocycles. The third-order valence-corrected chi connectivity index (χ3v) is 5.37. The van der Waals surface area contributed by atoms with Gasteiger partial charge in [-0.1, -0.05) is 0 Å². The molecule has 7 nitrogen and oxygen atoms in total. The first-order chi connectivity index (χ1) is 12.4. The van der Waals surface area contributed by atoms with Crippen LogP contribution in [0.4, 0.5) is 0 Å². The fourth-order valence-corrected chi connectivity index (χ4v) is 3.50. The van der Waals surface area contributed by atoms with Gasteiger partial charge in [0.1, 0.15) is 11.5 Å². The average molecular weight is 374 g/mol. The number of sulfonamides is 1. The van der Waals surface area contributed by atoms with Crippen molar-refractivity contribution in [1.29, 1.82) is 0 Å². The van der Waals surface area contributed by atoms with Crippen LogP contribution in [-0.2, 0) is 16.6 Å². The normalized spacial score (nSPS) is 11.5. The van der Waals surface area contributed by atoms with Crippen molar-refractivity contribution in [2.24, 2.45) is 0 Å². The van der Waals surface area contributed by atoms with Crippen molar-refractivity contribution in [2.75, 3.05) is 14.2 Å². The van der Waals surface area contributed by atoms with Crippen LogP contribution >= 0.6 is 0 Å². The minimum atomic E-state index is -3.74. The molecule has 0 amide bonds. The second kappa shape index (κ2) is 7.19. The highest BCUT2D eigenvalue weighted by atomic mass is 32.2. The van der Waals surface area contributed by atoms with Crippen LogP contribution in [0.3, 0.4) is 0 Å². The molecule has 3 aromatic rings. The molecule has 1 aromatic heterocycles. The van der Waals surface area contributed by atoms with E-state index in [2.05, 4.69) is 9.71 Å². The van der Waals surface area contributed by atoms with Crippen molar-refractivity contribution in [3.8, 4) is 11.5 Å². The summed E-state index contributed by atoms with van der Waals surface area (Å²) in [5, 5.41) is 0.782. The molecular formula is C18H18N2O5S. The monoisotopic (exact) mass is 374 g/mol. The molecule has 0 spiro atoms. The number of rotatable bonds is 6. The summed E-state index contributed by atoms with van der Waals surface area (Å²) in [6, 6.07) is 12.9. The number of hydrogen-bond donors (Lipinski definition) is 2. The average Bonchev–Trinajstić information content (AvgIpc) is 2.66. The number of H-pyrrole nitrogens is 1. The van der Waals surface area contributed by atoms with Gasteiger partial charge < -0.3 is 14.5 Å². The zero-order chi connectivity index (χ0) is 18.7. The highest BCUT2D eigenvalue weighted by Crippen LogP contribution is 2.19. The van der Waals surface area contributed by atoms with Crippen LogP contribution in [0.1, 0.15) is 5.56 Å². The Balaban J connectivity index is 1.84. The highest BCUT2D eigenvalue weighted by Gasteiger charge is 2.15. The van der Waals surface area contributed by atoms with E-state index < -0.39 is 10.0 Å². The molecule has 0 fully saturated rings. The minimum Gasteiger partial charge on any atom is -0.497 e. The highest BCUT2D eigenvalue weighted by molar-refractivity contribution is 7.89. The molecule has 0 saturated carbocycles. The Morgan fingerprint density at radius 1 is 0.962 bits per heavy atom. The van der Waals surface area contributed by atoms with Gasteiger partial charge in [-0.3, -0.25) is 4.79 Å². The molecule has 136 valence electrons. The lowest BCUT2D eigenvalue weighted by molar-refractivity contribution is 0.414. The number of ether oxygens (including phenoxy) is 2. The molecule has 0 aliphatic heterocycles. The Morgan fingerprint density at radius 3 is 2.27 bits per heavy atom. The SMILES string of the molecule is COc1ccc(S(=O)(=O)NCc2cc3ccc(OC)cc3[nH]c2=O)cc1. The third-order valence-electron chi connectivity index (χ3n) is 3.95. The van der Waals surface area contributed by atoms with E-state index in [4.69, 9.17) is 9.47 Å². The number of benzene rings is 2. The maximum absolute atomic E-state index is 12.4.